The van der Waals surface area contributed by atoms with Crippen LogP contribution in [0.25, 0.3) is 0 Å². The molecule has 2 nitrogen and oxygen atoms in total. The number of nitrogens with two attached hydrogens (primary N) is 1. The van der Waals surface area contributed by atoms with Crippen LogP contribution in [-0.4, -0.2) is 12.6 Å². The lowest BCUT2D eigenvalue weighted by molar-refractivity contribution is 0.296. The lowest BCUT2D eigenvalue weighted by Crippen LogP contribution is -2.23. The number of aryl methyl sites for hydroxylation is 2. The molecule has 0 saturated heterocycles. The van der Waals surface area contributed by atoms with Crippen LogP contribution in [-0.2, 0) is 0 Å². The lowest BCUT2D eigenvalue weighted by atomic mass is 10.1. The van der Waals surface area contributed by atoms with E-state index in [1.165, 1.54) is 11.1 Å². The third-order valence-electron chi connectivity index (χ3n) is 1.71. The molecule has 1 unspecified atom stereocenters. The summed E-state index contributed by atoms with van der Waals surface area (Å²) in [5.41, 5.74) is 8.04. The highest BCUT2D eigenvalue weighted by Crippen LogP contribution is 2.15. The molecule has 15 heavy (non-hydrogen) atoms. The maximum absolute atomic E-state index is 5.59. The number of benzene rings is 1. The van der Waals surface area contributed by atoms with Crippen molar-refractivity contribution < 1.29 is 4.74 Å². The Morgan fingerprint density at radius 2 is 1.60 bits per heavy atom. The molecular formula is C13H23NO. The van der Waals surface area contributed by atoms with Crippen molar-refractivity contribution in [3.05, 3.63) is 29.3 Å². The molecule has 0 radical (unpaired) electrons. The predicted molar refractivity (Wildman–Crippen MR) is 66.4 cm³/mol. The highest BCUT2D eigenvalue weighted by atomic mass is 16.5. The van der Waals surface area contributed by atoms with Crippen LogP contribution >= 0.6 is 0 Å². The molecule has 0 aliphatic carbocycles. The quantitative estimate of drug-likeness (QED) is 0.830. The van der Waals surface area contributed by atoms with E-state index in [1.54, 1.807) is 0 Å². The number of hydrogen-bond donors (Lipinski definition) is 1. The highest BCUT2D eigenvalue weighted by molar-refractivity contribution is 5.32. The van der Waals surface area contributed by atoms with Crippen molar-refractivity contribution in [2.24, 2.45) is 5.73 Å². The van der Waals surface area contributed by atoms with Crippen LogP contribution in [0.4, 0.5) is 0 Å². The van der Waals surface area contributed by atoms with Crippen LogP contribution in [0.3, 0.4) is 0 Å². The van der Waals surface area contributed by atoms with Crippen molar-refractivity contribution in [3.63, 3.8) is 0 Å². The molecule has 1 atom stereocenters. The van der Waals surface area contributed by atoms with E-state index in [2.05, 4.69) is 19.9 Å². The van der Waals surface area contributed by atoms with Crippen LogP contribution in [0.15, 0.2) is 18.2 Å². The fourth-order valence-corrected chi connectivity index (χ4v) is 1.24. The molecule has 0 saturated carbocycles. The molecule has 0 spiro atoms. The van der Waals surface area contributed by atoms with Crippen LogP contribution in [0.5, 0.6) is 5.75 Å². The Morgan fingerprint density at radius 1 is 1.13 bits per heavy atom. The van der Waals surface area contributed by atoms with Crippen LogP contribution in [0, 0.1) is 13.8 Å². The van der Waals surface area contributed by atoms with Crippen molar-refractivity contribution >= 4 is 0 Å². The Hall–Kier alpha value is -1.02. The topological polar surface area (TPSA) is 35.2 Å². The summed E-state index contributed by atoms with van der Waals surface area (Å²) >= 11 is 0. The van der Waals surface area contributed by atoms with E-state index in [1.807, 2.05) is 32.9 Å². The molecule has 0 bridgehead atoms. The molecule has 2 heteroatoms. The minimum atomic E-state index is 0.0841. The lowest BCUT2D eigenvalue weighted by Gasteiger charge is -2.09. The van der Waals surface area contributed by atoms with Gasteiger partial charge in [0.2, 0.25) is 0 Å². The summed E-state index contributed by atoms with van der Waals surface area (Å²) in [6, 6.07) is 6.25. The van der Waals surface area contributed by atoms with Crippen LogP contribution < -0.4 is 10.5 Å². The summed E-state index contributed by atoms with van der Waals surface area (Å²) in [7, 11) is 0. The molecule has 0 aliphatic rings. The standard InChI is InChI=1S/C11H17NO.C2H6/c1-8-4-9(2)6-11(5-8)13-7-10(3)12;1-2/h4-6,10H,7,12H2,1-3H3;1-2H3. The van der Waals surface area contributed by atoms with Gasteiger partial charge in [0.05, 0.1) is 0 Å². The van der Waals surface area contributed by atoms with Crippen molar-refractivity contribution in [1.29, 1.82) is 0 Å². The van der Waals surface area contributed by atoms with Crippen molar-refractivity contribution in [2.45, 2.75) is 40.7 Å². The molecule has 0 aromatic heterocycles. The summed E-state index contributed by atoms with van der Waals surface area (Å²) in [5, 5.41) is 0. The number of hydrogen-bond acceptors (Lipinski definition) is 2. The fraction of sp³-hybridized carbons (Fsp3) is 0.538. The second-order valence-electron chi connectivity index (χ2n) is 3.61. The van der Waals surface area contributed by atoms with E-state index >= 15 is 0 Å². The predicted octanol–water partition coefficient (Wildman–Crippen LogP) is 3.06. The minimum absolute atomic E-state index is 0.0841. The number of ether oxygens (including phenoxy) is 1. The minimum Gasteiger partial charge on any atom is -0.492 e. The molecule has 1 aromatic rings. The highest BCUT2D eigenvalue weighted by Gasteiger charge is 1.98. The van der Waals surface area contributed by atoms with Gasteiger partial charge in [0.15, 0.2) is 0 Å². The summed E-state index contributed by atoms with van der Waals surface area (Å²) in [5.74, 6) is 0.912. The maximum atomic E-state index is 5.59. The molecule has 0 amide bonds. The Morgan fingerprint density at radius 3 is 2.00 bits per heavy atom. The smallest absolute Gasteiger partial charge is 0.119 e. The van der Waals surface area contributed by atoms with E-state index in [0.29, 0.717) is 6.61 Å². The zero-order chi connectivity index (χ0) is 11.8. The number of rotatable bonds is 3. The monoisotopic (exact) mass is 209 g/mol. The van der Waals surface area contributed by atoms with E-state index < -0.39 is 0 Å². The van der Waals surface area contributed by atoms with Crippen molar-refractivity contribution in [1.82, 2.24) is 0 Å². The Bertz CT molecular complexity index is 262. The van der Waals surface area contributed by atoms with E-state index in [4.69, 9.17) is 10.5 Å². The van der Waals surface area contributed by atoms with Gasteiger partial charge in [-0.2, -0.15) is 0 Å². The third-order valence-corrected chi connectivity index (χ3v) is 1.71. The average Bonchev–Trinajstić information content (AvgIpc) is 2.16. The van der Waals surface area contributed by atoms with Crippen LogP contribution in [0.2, 0.25) is 0 Å². The Labute approximate surface area is 93.4 Å². The first kappa shape index (κ1) is 14.0. The zero-order valence-corrected chi connectivity index (χ0v) is 10.5. The molecule has 2 N–H and O–H groups in total. The molecule has 86 valence electrons. The SMILES string of the molecule is CC.Cc1cc(C)cc(OCC(C)N)c1. The first-order valence-electron chi connectivity index (χ1n) is 5.54. The van der Waals surface area contributed by atoms with Crippen molar-refractivity contribution in [3.8, 4) is 5.75 Å². The zero-order valence-electron chi connectivity index (χ0n) is 10.5. The normalized spacial score (nSPS) is 11.3. The maximum Gasteiger partial charge on any atom is 0.119 e. The first-order chi connectivity index (χ1) is 7.08. The Balaban J connectivity index is 0.000000921. The van der Waals surface area contributed by atoms with Gasteiger partial charge in [-0.1, -0.05) is 19.9 Å². The third kappa shape index (κ3) is 6.13. The summed E-state index contributed by atoms with van der Waals surface area (Å²) in [6.07, 6.45) is 0. The van der Waals surface area contributed by atoms with Crippen LogP contribution in [0.1, 0.15) is 31.9 Å². The molecule has 0 aliphatic heterocycles. The van der Waals surface area contributed by atoms with Gasteiger partial charge in [-0.25, -0.2) is 0 Å². The molecule has 0 heterocycles. The van der Waals surface area contributed by atoms with Gasteiger partial charge in [0, 0.05) is 6.04 Å². The van der Waals surface area contributed by atoms with Gasteiger partial charge in [-0.05, 0) is 44.0 Å². The van der Waals surface area contributed by atoms with E-state index in [-0.39, 0.29) is 6.04 Å². The molecule has 0 fully saturated rings. The fourth-order valence-electron chi connectivity index (χ4n) is 1.24. The molecule has 1 rings (SSSR count). The van der Waals surface area contributed by atoms with Gasteiger partial charge < -0.3 is 10.5 Å². The van der Waals surface area contributed by atoms with E-state index in [9.17, 15) is 0 Å². The Kier molecular flexibility index (Phi) is 6.80. The summed E-state index contributed by atoms with van der Waals surface area (Å²) in [6.45, 7) is 10.6. The summed E-state index contributed by atoms with van der Waals surface area (Å²) in [4.78, 5) is 0. The molecule has 1 aromatic carbocycles. The van der Waals surface area contributed by atoms with Crippen molar-refractivity contribution in [2.75, 3.05) is 6.61 Å². The molecular weight excluding hydrogens is 186 g/mol. The summed E-state index contributed by atoms with van der Waals surface area (Å²) < 4.78 is 5.50. The second kappa shape index (κ2) is 7.30. The van der Waals surface area contributed by atoms with E-state index in [0.717, 1.165) is 5.75 Å². The largest absolute Gasteiger partial charge is 0.492 e. The average molecular weight is 209 g/mol. The van der Waals surface area contributed by atoms with Gasteiger partial charge in [-0.3, -0.25) is 0 Å². The van der Waals surface area contributed by atoms with Gasteiger partial charge in [0.1, 0.15) is 12.4 Å². The first-order valence-corrected chi connectivity index (χ1v) is 5.54. The van der Waals surface area contributed by atoms with Gasteiger partial charge >= 0.3 is 0 Å². The van der Waals surface area contributed by atoms with Gasteiger partial charge in [-0.15, -0.1) is 0 Å². The van der Waals surface area contributed by atoms with Gasteiger partial charge in [0.25, 0.3) is 0 Å². The second-order valence-corrected chi connectivity index (χ2v) is 3.61.